The number of halogens is 1. The number of amides is 2. The number of anilines is 1. The van der Waals surface area contributed by atoms with Crippen molar-refractivity contribution in [3.05, 3.63) is 131 Å². The normalized spacial score (nSPS) is 12.6. The van der Waals surface area contributed by atoms with Crippen molar-refractivity contribution >= 4 is 39.1 Å². The van der Waals surface area contributed by atoms with Crippen LogP contribution in [0.4, 0.5) is 5.69 Å². The molecule has 44 heavy (non-hydrogen) atoms. The largest absolute Gasteiger partial charge is 0.352 e. The van der Waals surface area contributed by atoms with Gasteiger partial charge in [-0.1, -0.05) is 96.9 Å². The lowest BCUT2D eigenvalue weighted by Gasteiger charge is -2.34. The van der Waals surface area contributed by atoms with Gasteiger partial charge in [-0.05, 0) is 67.8 Å². The lowest BCUT2D eigenvalue weighted by molar-refractivity contribution is -0.140. The van der Waals surface area contributed by atoms with Gasteiger partial charge in [-0.3, -0.25) is 13.9 Å². The molecule has 0 unspecified atom stereocenters. The maximum atomic E-state index is 14.4. The minimum Gasteiger partial charge on any atom is -0.352 e. The number of carbonyl (C=O) groups excluding carboxylic acids is 2. The van der Waals surface area contributed by atoms with Crippen molar-refractivity contribution in [3.8, 4) is 0 Å². The summed E-state index contributed by atoms with van der Waals surface area (Å²) in [6.07, 6.45) is 0.962. The van der Waals surface area contributed by atoms with Gasteiger partial charge < -0.3 is 10.2 Å². The lowest BCUT2D eigenvalue weighted by atomic mass is 10.0. The van der Waals surface area contributed by atoms with Crippen LogP contribution in [-0.2, 0) is 32.6 Å². The number of rotatable bonds is 13. The van der Waals surface area contributed by atoms with Crippen LogP contribution in [0.5, 0.6) is 0 Å². The lowest BCUT2D eigenvalue weighted by Crippen LogP contribution is -2.54. The Morgan fingerprint density at radius 3 is 2.00 bits per heavy atom. The van der Waals surface area contributed by atoms with Gasteiger partial charge in [-0.25, -0.2) is 8.42 Å². The fraction of sp³-hybridized carbons (Fsp3) is 0.257. The van der Waals surface area contributed by atoms with Crippen LogP contribution in [0.15, 0.2) is 114 Å². The van der Waals surface area contributed by atoms with Crippen LogP contribution in [0.25, 0.3) is 0 Å². The van der Waals surface area contributed by atoms with Gasteiger partial charge in [0.2, 0.25) is 11.8 Å². The fourth-order valence-corrected chi connectivity index (χ4v) is 6.30. The number of sulfonamides is 1. The summed E-state index contributed by atoms with van der Waals surface area (Å²) < 4.78 is 29.1. The molecule has 4 aromatic carbocycles. The molecule has 0 spiro atoms. The van der Waals surface area contributed by atoms with Crippen molar-refractivity contribution in [1.82, 2.24) is 10.2 Å². The summed E-state index contributed by atoms with van der Waals surface area (Å²) in [7, 11) is -4.13. The van der Waals surface area contributed by atoms with Gasteiger partial charge in [0.25, 0.3) is 10.0 Å². The second-order valence-electron chi connectivity index (χ2n) is 10.8. The summed E-state index contributed by atoms with van der Waals surface area (Å²) >= 11 is 6.14. The van der Waals surface area contributed by atoms with Gasteiger partial charge in [0.1, 0.15) is 12.6 Å². The molecular formula is C35H38ClN3O4S. The first-order valence-corrected chi connectivity index (χ1v) is 16.4. The predicted molar refractivity (Wildman–Crippen MR) is 176 cm³/mol. The van der Waals surface area contributed by atoms with E-state index in [9.17, 15) is 18.0 Å². The highest BCUT2D eigenvalue weighted by Crippen LogP contribution is 2.25. The van der Waals surface area contributed by atoms with Gasteiger partial charge in [0.15, 0.2) is 0 Å². The third-order valence-corrected chi connectivity index (χ3v) is 9.51. The highest BCUT2D eigenvalue weighted by molar-refractivity contribution is 7.92. The van der Waals surface area contributed by atoms with E-state index in [0.29, 0.717) is 17.1 Å². The standard InChI is InChI=1S/C35H38ClN3O4S/c1-4-27(3)37-35(41)33(23-28-11-7-5-8-12-28)38(24-29-17-19-30(36)20-18-29)34(40)25-39(31-21-15-26(2)16-22-31)44(42,43)32-13-9-6-10-14-32/h5-22,27,33H,4,23-25H2,1-3H3,(H,37,41)/t27-,33-/m1/s1. The topological polar surface area (TPSA) is 86.8 Å². The Morgan fingerprint density at radius 1 is 0.818 bits per heavy atom. The zero-order chi connectivity index (χ0) is 31.7. The molecule has 7 nitrogen and oxygen atoms in total. The SMILES string of the molecule is CC[C@@H](C)NC(=O)[C@@H](Cc1ccccc1)N(Cc1ccc(Cl)cc1)C(=O)CN(c1ccc(C)cc1)S(=O)(=O)c1ccccc1. The van der Waals surface area contributed by atoms with Crippen LogP contribution in [0.1, 0.15) is 37.0 Å². The van der Waals surface area contributed by atoms with E-state index in [1.807, 2.05) is 51.1 Å². The molecule has 4 aromatic rings. The molecule has 0 fully saturated rings. The summed E-state index contributed by atoms with van der Waals surface area (Å²) in [6.45, 7) is 5.36. The quantitative estimate of drug-likeness (QED) is 0.185. The molecule has 2 amide bonds. The Kier molecular flexibility index (Phi) is 11.2. The first kappa shape index (κ1) is 32.8. The highest BCUT2D eigenvalue weighted by Gasteiger charge is 2.34. The molecule has 230 valence electrons. The van der Waals surface area contributed by atoms with E-state index in [0.717, 1.165) is 21.0 Å². The summed E-state index contributed by atoms with van der Waals surface area (Å²) in [5.74, 6) is -0.821. The maximum Gasteiger partial charge on any atom is 0.264 e. The molecule has 4 rings (SSSR count). The van der Waals surface area contributed by atoms with Crippen LogP contribution < -0.4 is 9.62 Å². The number of nitrogens with zero attached hydrogens (tertiary/aromatic N) is 2. The van der Waals surface area contributed by atoms with Gasteiger partial charge in [0, 0.05) is 24.0 Å². The third kappa shape index (κ3) is 8.49. The highest BCUT2D eigenvalue weighted by atomic mass is 35.5. The third-order valence-electron chi connectivity index (χ3n) is 7.47. The van der Waals surface area contributed by atoms with Crippen LogP contribution in [0.3, 0.4) is 0 Å². The van der Waals surface area contributed by atoms with Crippen molar-refractivity contribution < 1.29 is 18.0 Å². The molecule has 0 aliphatic rings. The molecule has 1 N–H and O–H groups in total. The molecule has 0 radical (unpaired) electrons. The van der Waals surface area contributed by atoms with Crippen molar-refractivity contribution in [2.75, 3.05) is 10.8 Å². The van der Waals surface area contributed by atoms with Crippen molar-refractivity contribution in [1.29, 1.82) is 0 Å². The molecule has 0 saturated heterocycles. The predicted octanol–water partition coefficient (Wildman–Crippen LogP) is 6.40. The molecule has 2 atom stereocenters. The average molecular weight is 632 g/mol. The van der Waals surface area contributed by atoms with Crippen LogP contribution >= 0.6 is 11.6 Å². The number of benzene rings is 4. The molecular weight excluding hydrogens is 594 g/mol. The van der Waals surface area contributed by atoms with E-state index in [1.165, 1.54) is 17.0 Å². The number of nitrogens with one attached hydrogen (secondary N) is 1. The maximum absolute atomic E-state index is 14.4. The summed E-state index contributed by atoms with van der Waals surface area (Å²) in [5, 5.41) is 3.58. The molecule has 9 heteroatoms. The number of carbonyl (C=O) groups is 2. The zero-order valence-electron chi connectivity index (χ0n) is 25.2. The molecule has 0 saturated carbocycles. The minimum atomic E-state index is -4.13. The molecule has 0 aliphatic heterocycles. The Morgan fingerprint density at radius 2 is 1.41 bits per heavy atom. The Bertz CT molecular complexity index is 1630. The summed E-state index contributed by atoms with van der Waals surface area (Å²) in [6, 6.07) is 30.5. The summed E-state index contributed by atoms with van der Waals surface area (Å²) in [4.78, 5) is 29.9. The first-order valence-electron chi connectivity index (χ1n) is 14.6. The van der Waals surface area contributed by atoms with E-state index < -0.39 is 28.5 Å². The molecule has 0 aliphatic carbocycles. The van der Waals surface area contributed by atoms with E-state index in [4.69, 9.17) is 11.6 Å². The molecule has 0 heterocycles. The van der Waals surface area contributed by atoms with E-state index in [-0.39, 0.29) is 29.8 Å². The monoisotopic (exact) mass is 631 g/mol. The molecule has 0 bridgehead atoms. The van der Waals surface area contributed by atoms with Gasteiger partial charge in [-0.2, -0.15) is 0 Å². The zero-order valence-corrected chi connectivity index (χ0v) is 26.8. The Labute approximate surface area is 265 Å². The number of hydrogen-bond acceptors (Lipinski definition) is 4. The summed E-state index contributed by atoms with van der Waals surface area (Å²) in [5.41, 5.74) is 2.93. The van der Waals surface area contributed by atoms with E-state index in [1.54, 1.807) is 66.7 Å². The second kappa shape index (κ2) is 15.0. The average Bonchev–Trinajstić information content (AvgIpc) is 3.03. The number of aryl methyl sites for hydroxylation is 1. The Balaban J connectivity index is 1.79. The minimum absolute atomic E-state index is 0.0629. The van der Waals surface area contributed by atoms with Crippen LogP contribution in [-0.4, -0.2) is 43.8 Å². The van der Waals surface area contributed by atoms with Gasteiger partial charge in [-0.15, -0.1) is 0 Å². The van der Waals surface area contributed by atoms with Crippen molar-refractivity contribution in [2.45, 2.75) is 57.1 Å². The molecule has 0 aromatic heterocycles. The first-order chi connectivity index (χ1) is 21.1. The van der Waals surface area contributed by atoms with Gasteiger partial charge in [0.05, 0.1) is 10.6 Å². The van der Waals surface area contributed by atoms with E-state index >= 15 is 0 Å². The van der Waals surface area contributed by atoms with Crippen LogP contribution in [0, 0.1) is 6.92 Å². The smallest absolute Gasteiger partial charge is 0.264 e. The van der Waals surface area contributed by atoms with Crippen LogP contribution in [0.2, 0.25) is 5.02 Å². The van der Waals surface area contributed by atoms with Crippen molar-refractivity contribution in [3.63, 3.8) is 0 Å². The Hall–Kier alpha value is -4.14. The van der Waals surface area contributed by atoms with E-state index in [2.05, 4.69) is 5.32 Å². The van der Waals surface area contributed by atoms with Gasteiger partial charge >= 0.3 is 0 Å². The van der Waals surface area contributed by atoms with Crippen molar-refractivity contribution in [2.24, 2.45) is 0 Å². The second-order valence-corrected chi connectivity index (χ2v) is 13.1. The fourth-order valence-electron chi connectivity index (χ4n) is 4.74. The number of hydrogen-bond donors (Lipinski definition) is 1.